The van der Waals surface area contributed by atoms with Crippen LogP contribution in [0.2, 0.25) is 5.02 Å². The molecule has 0 spiro atoms. The Morgan fingerprint density at radius 2 is 1.86 bits per heavy atom. The summed E-state index contributed by atoms with van der Waals surface area (Å²) in [6.07, 6.45) is 3.67. The molecule has 0 aliphatic carbocycles. The van der Waals surface area contributed by atoms with Gasteiger partial charge >= 0.3 is 0 Å². The first kappa shape index (κ1) is 19.7. The minimum Gasteiger partial charge on any atom is -0.497 e. The van der Waals surface area contributed by atoms with Crippen molar-refractivity contribution in [1.82, 2.24) is 9.55 Å². The van der Waals surface area contributed by atoms with Crippen molar-refractivity contribution in [3.8, 4) is 11.4 Å². The zero-order chi connectivity index (χ0) is 20.4. The average Bonchev–Trinajstić information content (AvgIpc) is 2.74. The van der Waals surface area contributed by atoms with Gasteiger partial charge in [0.25, 0.3) is 5.56 Å². The first-order valence-corrected chi connectivity index (χ1v) is 10.3. The van der Waals surface area contributed by atoms with Crippen LogP contribution in [0.15, 0.2) is 71.5 Å². The number of hydrogen-bond donors (Lipinski definition) is 0. The quantitative estimate of drug-likeness (QED) is 0.322. The highest BCUT2D eigenvalue weighted by Gasteiger charge is 2.12. The molecule has 0 amide bonds. The molecule has 29 heavy (non-hydrogen) atoms. The van der Waals surface area contributed by atoms with Crippen molar-refractivity contribution in [1.29, 1.82) is 0 Å². The number of hydrogen-bond acceptors (Lipinski definition) is 3. The smallest absolute Gasteiger partial charge is 0.266 e. The predicted molar refractivity (Wildman–Crippen MR) is 127 cm³/mol. The molecule has 0 bridgehead atoms. The Morgan fingerprint density at radius 3 is 2.66 bits per heavy atom. The van der Waals surface area contributed by atoms with Crippen LogP contribution < -0.4 is 10.3 Å². The molecule has 144 valence electrons. The Labute approximate surface area is 186 Å². The Hall–Kier alpha value is -2.64. The van der Waals surface area contributed by atoms with E-state index in [4.69, 9.17) is 21.3 Å². The maximum absolute atomic E-state index is 13.4. The summed E-state index contributed by atoms with van der Waals surface area (Å²) < 4.78 is 7.90. The molecule has 0 saturated heterocycles. The number of halogens is 2. The molecule has 0 aliphatic heterocycles. The Balaban J connectivity index is 1.98. The molecule has 3 aromatic carbocycles. The first-order valence-electron chi connectivity index (χ1n) is 8.86. The molecule has 0 radical (unpaired) electrons. The van der Waals surface area contributed by atoms with E-state index in [1.807, 2.05) is 72.8 Å². The van der Waals surface area contributed by atoms with Crippen LogP contribution in [-0.4, -0.2) is 16.7 Å². The van der Waals surface area contributed by atoms with E-state index in [9.17, 15) is 4.79 Å². The Bertz CT molecular complexity index is 1300. The lowest BCUT2D eigenvalue weighted by atomic mass is 10.2. The molecule has 0 atom stereocenters. The van der Waals surface area contributed by atoms with E-state index in [2.05, 4.69) is 22.6 Å². The summed E-state index contributed by atoms with van der Waals surface area (Å²) in [7, 11) is 1.60. The third-order valence-corrected chi connectivity index (χ3v) is 5.50. The van der Waals surface area contributed by atoms with E-state index in [1.54, 1.807) is 17.8 Å². The highest BCUT2D eigenvalue weighted by molar-refractivity contribution is 14.1. The molecule has 0 aliphatic rings. The van der Waals surface area contributed by atoms with Crippen molar-refractivity contribution in [2.45, 2.75) is 0 Å². The van der Waals surface area contributed by atoms with Gasteiger partial charge in [-0.3, -0.25) is 9.36 Å². The number of methoxy groups -OCH3 is 1. The summed E-state index contributed by atoms with van der Waals surface area (Å²) in [5.41, 5.74) is 2.04. The van der Waals surface area contributed by atoms with Gasteiger partial charge in [0.05, 0.1) is 23.7 Å². The van der Waals surface area contributed by atoms with Gasteiger partial charge in [0.2, 0.25) is 0 Å². The lowest BCUT2D eigenvalue weighted by Crippen LogP contribution is -2.22. The largest absolute Gasteiger partial charge is 0.497 e. The number of rotatable bonds is 4. The lowest BCUT2D eigenvalue weighted by Gasteiger charge is -2.12. The van der Waals surface area contributed by atoms with Gasteiger partial charge < -0.3 is 4.74 Å². The van der Waals surface area contributed by atoms with Crippen LogP contribution in [0.1, 0.15) is 11.4 Å². The highest BCUT2D eigenvalue weighted by Crippen LogP contribution is 2.22. The van der Waals surface area contributed by atoms with Gasteiger partial charge in [-0.25, -0.2) is 4.98 Å². The van der Waals surface area contributed by atoms with Crippen LogP contribution in [0.4, 0.5) is 0 Å². The number of aromatic nitrogens is 2. The average molecular weight is 515 g/mol. The molecule has 4 aromatic rings. The van der Waals surface area contributed by atoms with Crippen LogP contribution in [0.5, 0.6) is 5.75 Å². The summed E-state index contributed by atoms with van der Waals surface area (Å²) in [4.78, 5) is 18.1. The van der Waals surface area contributed by atoms with Crippen molar-refractivity contribution in [3.05, 3.63) is 97.1 Å². The van der Waals surface area contributed by atoms with Gasteiger partial charge in [-0.15, -0.1) is 0 Å². The van der Waals surface area contributed by atoms with E-state index in [0.717, 1.165) is 9.13 Å². The lowest BCUT2D eigenvalue weighted by molar-refractivity contribution is 0.414. The molecule has 0 saturated carbocycles. The van der Waals surface area contributed by atoms with Gasteiger partial charge in [0.1, 0.15) is 11.6 Å². The van der Waals surface area contributed by atoms with Crippen molar-refractivity contribution in [2.24, 2.45) is 0 Å². The van der Waals surface area contributed by atoms with Crippen molar-refractivity contribution in [3.63, 3.8) is 0 Å². The van der Waals surface area contributed by atoms with Crippen LogP contribution in [0.25, 0.3) is 28.7 Å². The summed E-state index contributed by atoms with van der Waals surface area (Å²) in [5.74, 6) is 1.18. The van der Waals surface area contributed by atoms with E-state index in [0.29, 0.717) is 33.2 Å². The minimum absolute atomic E-state index is 0.138. The predicted octanol–water partition coefficient (Wildman–Crippen LogP) is 5.82. The molecule has 4 nitrogen and oxygen atoms in total. The third-order valence-electron chi connectivity index (χ3n) is 4.48. The first-order chi connectivity index (χ1) is 14.1. The van der Waals surface area contributed by atoms with Crippen LogP contribution >= 0.6 is 34.2 Å². The normalized spacial score (nSPS) is 11.3. The van der Waals surface area contributed by atoms with Crippen LogP contribution in [0, 0.1) is 3.57 Å². The number of ether oxygens (including phenoxy) is 1. The fourth-order valence-electron chi connectivity index (χ4n) is 3.06. The van der Waals surface area contributed by atoms with Gasteiger partial charge in [0.15, 0.2) is 0 Å². The molecule has 4 rings (SSSR count). The van der Waals surface area contributed by atoms with Gasteiger partial charge in [-0.1, -0.05) is 35.9 Å². The molecule has 1 heterocycles. The summed E-state index contributed by atoms with van der Waals surface area (Å²) in [5, 5.41) is 1.20. The van der Waals surface area contributed by atoms with Crippen molar-refractivity contribution < 1.29 is 4.74 Å². The van der Waals surface area contributed by atoms with Gasteiger partial charge in [-0.05, 0) is 76.7 Å². The third kappa shape index (κ3) is 4.06. The topological polar surface area (TPSA) is 44.1 Å². The molecular formula is C23H16ClIN2O2. The maximum atomic E-state index is 13.4. The van der Waals surface area contributed by atoms with Gasteiger partial charge in [0, 0.05) is 14.7 Å². The van der Waals surface area contributed by atoms with Crippen LogP contribution in [0.3, 0.4) is 0 Å². The fraction of sp³-hybridized carbons (Fsp3) is 0.0435. The molecule has 0 fully saturated rings. The van der Waals surface area contributed by atoms with E-state index >= 15 is 0 Å². The van der Waals surface area contributed by atoms with E-state index in [-0.39, 0.29) is 5.56 Å². The molecule has 0 N–H and O–H groups in total. The number of nitrogens with zero attached hydrogens (tertiary/aromatic N) is 2. The summed E-state index contributed by atoms with van der Waals surface area (Å²) in [6, 6.07) is 20.5. The van der Waals surface area contributed by atoms with Crippen LogP contribution in [-0.2, 0) is 0 Å². The molecular weight excluding hydrogens is 499 g/mol. The Morgan fingerprint density at radius 1 is 1.03 bits per heavy atom. The fourth-order valence-corrected chi connectivity index (χ4v) is 3.75. The Kier molecular flexibility index (Phi) is 5.69. The standard InChI is InChI=1S/C23H16ClIN2O2/c1-29-18-7-4-6-17(14-18)27-22(12-9-15-5-2-3-8-20(15)24)26-21-11-10-16(25)13-19(21)23(27)28/h2-14H,1H3/b12-9+. The molecule has 0 unspecified atom stereocenters. The molecule has 1 aromatic heterocycles. The second-order valence-corrected chi connectivity index (χ2v) is 7.98. The second kappa shape index (κ2) is 8.39. The summed E-state index contributed by atoms with van der Waals surface area (Å²) in [6.45, 7) is 0. The second-order valence-electron chi connectivity index (χ2n) is 6.33. The van der Waals surface area contributed by atoms with Crippen molar-refractivity contribution >= 4 is 57.2 Å². The van der Waals surface area contributed by atoms with Gasteiger partial charge in [-0.2, -0.15) is 0 Å². The van der Waals surface area contributed by atoms with E-state index < -0.39 is 0 Å². The zero-order valence-corrected chi connectivity index (χ0v) is 18.4. The minimum atomic E-state index is -0.138. The number of benzene rings is 3. The molecule has 6 heteroatoms. The highest BCUT2D eigenvalue weighted by atomic mass is 127. The SMILES string of the molecule is COc1cccc(-n2c(/C=C/c3ccccc3Cl)nc3ccc(I)cc3c2=O)c1. The zero-order valence-electron chi connectivity index (χ0n) is 15.5. The van der Waals surface area contributed by atoms with Crippen molar-refractivity contribution in [2.75, 3.05) is 7.11 Å². The number of fused-ring (bicyclic) bond motifs is 1. The monoisotopic (exact) mass is 514 g/mol. The van der Waals surface area contributed by atoms with E-state index in [1.165, 1.54) is 0 Å². The maximum Gasteiger partial charge on any atom is 0.266 e. The summed E-state index contributed by atoms with van der Waals surface area (Å²) >= 11 is 8.47.